The number of hydrogen-bond acceptors (Lipinski definition) is 6. The number of ketones is 1. The minimum absolute atomic E-state index is 0.0119. The van der Waals surface area contributed by atoms with Gasteiger partial charge in [0.25, 0.3) is 11.7 Å². The maximum Gasteiger partial charge on any atom is 0.295 e. The van der Waals surface area contributed by atoms with Crippen molar-refractivity contribution in [3.05, 3.63) is 106 Å². The average molecular weight is 531 g/mol. The zero-order valence-corrected chi connectivity index (χ0v) is 21.8. The van der Waals surface area contributed by atoms with Crippen LogP contribution in [0, 0.1) is 12.7 Å². The van der Waals surface area contributed by atoms with E-state index in [-0.39, 0.29) is 17.9 Å². The highest BCUT2D eigenvalue weighted by molar-refractivity contribution is 6.46. The summed E-state index contributed by atoms with van der Waals surface area (Å²) < 4.78 is 25.0. The summed E-state index contributed by atoms with van der Waals surface area (Å²) in [5, 5.41) is 11.3. The van der Waals surface area contributed by atoms with E-state index in [1.807, 2.05) is 31.2 Å². The van der Waals surface area contributed by atoms with Crippen LogP contribution < -0.4 is 4.74 Å². The number of carbonyl (C=O) groups excluding carboxylic acids is 2. The summed E-state index contributed by atoms with van der Waals surface area (Å²) in [4.78, 5) is 30.1. The normalized spacial score (nSPS) is 19.4. The summed E-state index contributed by atoms with van der Waals surface area (Å²) in [6, 6.07) is 19.5. The van der Waals surface area contributed by atoms with Gasteiger partial charge in [0, 0.05) is 31.7 Å². The molecule has 2 fully saturated rings. The lowest BCUT2D eigenvalue weighted by Gasteiger charge is -2.31. The first-order chi connectivity index (χ1) is 18.9. The highest BCUT2D eigenvalue weighted by atomic mass is 19.1. The summed E-state index contributed by atoms with van der Waals surface area (Å²) in [5.41, 5.74) is 3.13. The lowest BCUT2D eigenvalue weighted by molar-refractivity contribution is -0.140. The second-order valence-electron chi connectivity index (χ2n) is 9.74. The predicted molar refractivity (Wildman–Crippen MR) is 145 cm³/mol. The van der Waals surface area contributed by atoms with Gasteiger partial charge in [0.1, 0.15) is 23.9 Å². The van der Waals surface area contributed by atoms with Crippen LogP contribution in [0.25, 0.3) is 5.76 Å². The van der Waals surface area contributed by atoms with Crippen LogP contribution in [0.3, 0.4) is 0 Å². The number of aliphatic hydroxyl groups excluding tert-OH is 1. The molecule has 1 atom stereocenters. The molecule has 3 aromatic rings. The van der Waals surface area contributed by atoms with Crippen molar-refractivity contribution >= 4 is 17.4 Å². The number of amides is 1. The fraction of sp³-hybridized carbons (Fsp3) is 0.290. The first-order valence-electron chi connectivity index (χ1n) is 13.0. The van der Waals surface area contributed by atoms with Crippen LogP contribution in [0.1, 0.15) is 28.3 Å². The molecule has 0 radical (unpaired) electrons. The quantitative estimate of drug-likeness (QED) is 0.263. The van der Waals surface area contributed by atoms with E-state index in [2.05, 4.69) is 4.90 Å². The van der Waals surface area contributed by atoms with Gasteiger partial charge in [-0.3, -0.25) is 14.5 Å². The monoisotopic (exact) mass is 530 g/mol. The van der Waals surface area contributed by atoms with Crippen LogP contribution in [-0.2, 0) is 20.9 Å². The Morgan fingerprint density at radius 1 is 0.974 bits per heavy atom. The Labute approximate surface area is 227 Å². The summed E-state index contributed by atoms with van der Waals surface area (Å²) in [5.74, 6) is -1.54. The molecule has 0 saturated carbocycles. The van der Waals surface area contributed by atoms with Crippen molar-refractivity contribution in [2.45, 2.75) is 19.6 Å². The number of halogens is 1. The smallest absolute Gasteiger partial charge is 0.295 e. The molecule has 0 aromatic heterocycles. The van der Waals surface area contributed by atoms with Gasteiger partial charge < -0.3 is 19.5 Å². The molecule has 7 nitrogen and oxygen atoms in total. The molecule has 2 aliphatic heterocycles. The lowest BCUT2D eigenvalue weighted by atomic mass is 9.95. The van der Waals surface area contributed by atoms with Crippen LogP contribution in [0.2, 0.25) is 0 Å². The third-order valence-electron chi connectivity index (χ3n) is 7.27. The topological polar surface area (TPSA) is 79.3 Å². The molecular formula is C31H31FN2O5. The molecule has 0 bridgehead atoms. The first-order valence-corrected chi connectivity index (χ1v) is 13.0. The van der Waals surface area contributed by atoms with Crippen molar-refractivity contribution in [2.24, 2.45) is 0 Å². The molecule has 0 spiro atoms. The molecule has 8 heteroatoms. The van der Waals surface area contributed by atoms with Gasteiger partial charge in [-0.25, -0.2) is 4.39 Å². The minimum atomic E-state index is -0.830. The van der Waals surface area contributed by atoms with Gasteiger partial charge in [0.05, 0.1) is 24.8 Å². The Kier molecular flexibility index (Phi) is 8.05. The van der Waals surface area contributed by atoms with Crippen molar-refractivity contribution in [2.75, 3.05) is 39.4 Å². The van der Waals surface area contributed by atoms with Crippen LogP contribution in [0.4, 0.5) is 4.39 Å². The number of aliphatic hydroxyl groups is 1. The van der Waals surface area contributed by atoms with Gasteiger partial charge in [0.2, 0.25) is 0 Å². The fourth-order valence-corrected chi connectivity index (χ4v) is 4.97. The second-order valence-corrected chi connectivity index (χ2v) is 9.74. The second kappa shape index (κ2) is 11.8. The molecule has 3 aromatic carbocycles. The van der Waals surface area contributed by atoms with Crippen molar-refractivity contribution < 1.29 is 28.6 Å². The Hall–Kier alpha value is -4.01. The van der Waals surface area contributed by atoms with Crippen molar-refractivity contribution in [1.29, 1.82) is 0 Å². The Balaban J connectivity index is 1.41. The van der Waals surface area contributed by atoms with Crippen molar-refractivity contribution in [3.8, 4) is 5.75 Å². The average Bonchev–Trinajstić information content (AvgIpc) is 3.21. The van der Waals surface area contributed by atoms with Gasteiger partial charge in [-0.1, -0.05) is 36.4 Å². The highest BCUT2D eigenvalue weighted by Crippen LogP contribution is 2.39. The SMILES string of the molecule is Cc1ccccc1COc1ccc(/C(O)=C2\C(=O)C(=O)N(CCN3CCOCC3)C2c2ccc(F)cc2)cc1. The number of aryl methyl sites for hydroxylation is 1. The molecule has 0 aliphatic carbocycles. The van der Waals surface area contributed by atoms with Gasteiger partial charge in [-0.2, -0.15) is 0 Å². The number of rotatable bonds is 8. The van der Waals surface area contributed by atoms with Crippen LogP contribution >= 0.6 is 0 Å². The minimum Gasteiger partial charge on any atom is -0.507 e. The Bertz CT molecular complexity index is 1360. The van der Waals surface area contributed by atoms with Crippen LogP contribution in [0.15, 0.2) is 78.4 Å². The Morgan fingerprint density at radius 3 is 2.36 bits per heavy atom. The molecular weight excluding hydrogens is 499 g/mol. The Morgan fingerprint density at radius 2 is 1.67 bits per heavy atom. The van der Waals surface area contributed by atoms with Gasteiger partial charge in [-0.15, -0.1) is 0 Å². The summed E-state index contributed by atoms with van der Waals surface area (Å²) in [6.07, 6.45) is 0. The first kappa shape index (κ1) is 26.6. The molecule has 1 unspecified atom stereocenters. The largest absolute Gasteiger partial charge is 0.507 e. The number of nitrogens with zero attached hydrogens (tertiary/aromatic N) is 2. The zero-order chi connectivity index (χ0) is 27.4. The summed E-state index contributed by atoms with van der Waals surface area (Å²) in [6.45, 7) is 5.98. The van der Waals surface area contributed by atoms with Crippen molar-refractivity contribution in [1.82, 2.24) is 9.80 Å². The number of Topliss-reactive ketones (excluding diaryl/α,β-unsaturated/α-hetero) is 1. The van der Waals surface area contributed by atoms with E-state index in [1.54, 1.807) is 36.4 Å². The van der Waals surface area contributed by atoms with Crippen LogP contribution in [-0.4, -0.2) is 66.0 Å². The number of benzene rings is 3. The molecule has 1 amide bonds. The van der Waals surface area contributed by atoms with E-state index in [9.17, 15) is 19.1 Å². The third-order valence-corrected chi connectivity index (χ3v) is 7.27. The molecule has 202 valence electrons. The number of morpholine rings is 1. The van der Waals surface area contributed by atoms with Crippen molar-refractivity contribution in [3.63, 3.8) is 0 Å². The highest BCUT2D eigenvalue weighted by Gasteiger charge is 2.46. The lowest BCUT2D eigenvalue weighted by Crippen LogP contribution is -2.42. The fourth-order valence-electron chi connectivity index (χ4n) is 4.97. The third kappa shape index (κ3) is 5.87. The number of likely N-dealkylation sites (tertiary alicyclic amines) is 1. The van der Waals surface area contributed by atoms with Gasteiger partial charge in [-0.05, 0) is 60.0 Å². The van der Waals surface area contributed by atoms with Crippen LogP contribution in [0.5, 0.6) is 5.75 Å². The molecule has 5 rings (SSSR count). The van der Waals surface area contributed by atoms with Gasteiger partial charge >= 0.3 is 0 Å². The summed E-state index contributed by atoms with van der Waals surface area (Å²) in [7, 11) is 0. The number of carbonyl (C=O) groups is 2. The number of hydrogen-bond donors (Lipinski definition) is 1. The van der Waals surface area contributed by atoms with E-state index in [0.717, 1.165) is 24.2 Å². The maximum atomic E-state index is 13.7. The summed E-state index contributed by atoms with van der Waals surface area (Å²) >= 11 is 0. The maximum absolute atomic E-state index is 13.7. The van der Waals surface area contributed by atoms with E-state index in [4.69, 9.17) is 9.47 Å². The van der Waals surface area contributed by atoms with E-state index >= 15 is 0 Å². The molecule has 1 N–H and O–H groups in total. The van der Waals surface area contributed by atoms with E-state index in [1.165, 1.54) is 17.0 Å². The molecule has 2 heterocycles. The zero-order valence-electron chi connectivity index (χ0n) is 21.8. The van der Waals surface area contributed by atoms with E-state index < -0.39 is 23.5 Å². The van der Waals surface area contributed by atoms with E-state index in [0.29, 0.717) is 43.2 Å². The molecule has 39 heavy (non-hydrogen) atoms. The number of ether oxygens (including phenoxy) is 2. The molecule has 2 aliphatic rings. The standard InChI is InChI=1S/C31H31FN2O5/c1-21-4-2-3-5-24(21)20-39-26-12-8-23(9-13-26)29(35)27-28(22-6-10-25(32)11-7-22)34(31(37)30(27)36)15-14-33-16-18-38-19-17-33/h2-13,28,35H,14-20H2,1H3/b29-27+. The van der Waals surface area contributed by atoms with Gasteiger partial charge in [0.15, 0.2) is 0 Å². The predicted octanol–water partition coefficient (Wildman–Crippen LogP) is 4.47. The molecule has 2 saturated heterocycles.